The lowest BCUT2D eigenvalue weighted by atomic mass is 9.81. The molecule has 4 heteroatoms. The van der Waals surface area contributed by atoms with Gasteiger partial charge in [0.25, 0.3) is 0 Å². The SMILES string of the molecule is NC[C@]12CCC[C@H]1CN(CC(=O)O)C2. The maximum absolute atomic E-state index is 10.6. The molecule has 0 amide bonds. The first-order chi connectivity index (χ1) is 6.66. The Balaban J connectivity index is 2.01. The molecular formula is C10H18N2O2. The van der Waals surface area contributed by atoms with E-state index in [2.05, 4.69) is 0 Å². The highest BCUT2D eigenvalue weighted by Gasteiger charge is 2.48. The molecule has 1 heterocycles. The van der Waals surface area contributed by atoms with E-state index in [0.717, 1.165) is 13.1 Å². The zero-order valence-corrected chi connectivity index (χ0v) is 8.41. The van der Waals surface area contributed by atoms with Gasteiger partial charge in [0, 0.05) is 13.1 Å². The molecule has 0 spiro atoms. The van der Waals surface area contributed by atoms with E-state index >= 15 is 0 Å². The highest BCUT2D eigenvalue weighted by molar-refractivity contribution is 5.69. The number of carboxylic acids is 1. The normalized spacial score (nSPS) is 37.4. The van der Waals surface area contributed by atoms with Gasteiger partial charge in [-0.1, -0.05) is 6.42 Å². The molecule has 1 aliphatic carbocycles. The molecule has 1 saturated carbocycles. The van der Waals surface area contributed by atoms with Crippen LogP contribution in [-0.2, 0) is 4.79 Å². The van der Waals surface area contributed by atoms with Gasteiger partial charge in [-0.15, -0.1) is 0 Å². The number of hydrogen-bond donors (Lipinski definition) is 2. The van der Waals surface area contributed by atoms with Crippen molar-refractivity contribution in [3.63, 3.8) is 0 Å². The second kappa shape index (κ2) is 3.51. The maximum Gasteiger partial charge on any atom is 0.317 e. The van der Waals surface area contributed by atoms with Crippen LogP contribution in [0, 0.1) is 11.3 Å². The number of likely N-dealkylation sites (tertiary alicyclic amines) is 1. The average Bonchev–Trinajstić information content (AvgIpc) is 2.59. The van der Waals surface area contributed by atoms with Crippen LogP contribution in [0.5, 0.6) is 0 Å². The van der Waals surface area contributed by atoms with Crippen LogP contribution in [0.3, 0.4) is 0 Å². The predicted molar refractivity (Wildman–Crippen MR) is 52.9 cm³/mol. The minimum absolute atomic E-state index is 0.179. The van der Waals surface area contributed by atoms with Gasteiger partial charge in [-0.3, -0.25) is 9.69 Å². The molecule has 0 aromatic rings. The monoisotopic (exact) mass is 198 g/mol. The molecule has 2 atom stereocenters. The van der Waals surface area contributed by atoms with Gasteiger partial charge in [0.1, 0.15) is 0 Å². The fourth-order valence-corrected chi connectivity index (χ4v) is 3.17. The van der Waals surface area contributed by atoms with Crippen LogP contribution in [0.25, 0.3) is 0 Å². The van der Waals surface area contributed by atoms with Crippen LogP contribution in [-0.4, -0.2) is 42.2 Å². The number of nitrogens with two attached hydrogens (primary N) is 1. The van der Waals surface area contributed by atoms with Crippen molar-refractivity contribution in [2.24, 2.45) is 17.1 Å². The maximum atomic E-state index is 10.6. The summed E-state index contributed by atoms with van der Waals surface area (Å²) in [7, 11) is 0. The van der Waals surface area contributed by atoms with Crippen molar-refractivity contribution >= 4 is 5.97 Å². The second-order valence-electron chi connectivity index (χ2n) is 4.72. The summed E-state index contributed by atoms with van der Waals surface area (Å²) in [6.07, 6.45) is 3.68. The summed E-state index contributed by atoms with van der Waals surface area (Å²) in [5.41, 5.74) is 6.07. The molecule has 2 fully saturated rings. The highest BCUT2D eigenvalue weighted by atomic mass is 16.4. The van der Waals surface area contributed by atoms with Gasteiger partial charge in [-0.2, -0.15) is 0 Å². The van der Waals surface area contributed by atoms with Gasteiger partial charge in [0.15, 0.2) is 0 Å². The summed E-state index contributed by atoms with van der Waals surface area (Å²) in [5, 5.41) is 8.72. The van der Waals surface area contributed by atoms with Gasteiger partial charge in [0.2, 0.25) is 0 Å². The molecule has 0 aromatic heterocycles. The van der Waals surface area contributed by atoms with Crippen LogP contribution < -0.4 is 5.73 Å². The third-order valence-corrected chi connectivity index (χ3v) is 3.88. The molecule has 1 aliphatic heterocycles. The van der Waals surface area contributed by atoms with Crippen molar-refractivity contribution < 1.29 is 9.90 Å². The van der Waals surface area contributed by atoms with Crippen LogP contribution in [0.4, 0.5) is 0 Å². The number of carboxylic acid groups (broad SMARTS) is 1. The Morgan fingerprint density at radius 1 is 1.64 bits per heavy atom. The number of fused-ring (bicyclic) bond motifs is 1. The van der Waals surface area contributed by atoms with Crippen molar-refractivity contribution in [3.8, 4) is 0 Å². The molecule has 0 unspecified atom stereocenters. The van der Waals surface area contributed by atoms with E-state index in [-0.39, 0.29) is 12.0 Å². The molecular weight excluding hydrogens is 180 g/mol. The summed E-state index contributed by atoms with van der Waals surface area (Å²) in [6, 6.07) is 0. The van der Waals surface area contributed by atoms with Crippen molar-refractivity contribution in [2.75, 3.05) is 26.2 Å². The lowest BCUT2D eigenvalue weighted by Gasteiger charge is -2.26. The fourth-order valence-electron chi connectivity index (χ4n) is 3.17. The molecule has 0 aromatic carbocycles. The molecule has 14 heavy (non-hydrogen) atoms. The molecule has 2 aliphatic rings. The zero-order valence-electron chi connectivity index (χ0n) is 8.41. The molecule has 0 bridgehead atoms. The van der Waals surface area contributed by atoms with Crippen LogP contribution in [0.1, 0.15) is 19.3 Å². The molecule has 2 rings (SSSR count). The number of carbonyl (C=O) groups is 1. The third kappa shape index (κ3) is 1.53. The van der Waals surface area contributed by atoms with E-state index in [1.54, 1.807) is 0 Å². The van der Waals surface area contributed by atoms with Gasteiger partial charge < -0.3 is 10.8 Å². The van der Waals surface area contributed by atoms with E-state index < -0.39 is 5.97 Å². The Hall–Kier alpha value is -0.610. The second-order valence-corrected chi connectivity index (χ2v) is 4.72. The Morgan fingerprint density at radius 3 is 3.00 bits per heavy atom. The van der Waals surface area contributed by atoms with E-state index in [0.29, 0.717) is 12.5 Å². The van der Waals surface area contributed by atoms with E-state index in [1.807, 2.05) is 4.90 Å². The molecule has 4 nitrogen and oxygen atoms in total. The van der Waals surface area contributed by atoms with E-state index in [4.69, 9.17) is 10.8 Å². The summed E-state index contributed by atoms with van der Waals surface area (Å²) in [4.78, 5) is 12.6. The van der Waals surface area contributed by atoms with Crippen molar-refractivity contribution in [2.45, 2.75) is 19.3 Å². The largest absolute Gasteiger partial charge is 0.480 e. The number of hydrogen-bond acceptors (Lipinski definition) is 3. The summed E-state index contributed by atoms with van der Waals surface area (Å²) in [6.45, 7) is 2.72. The smallest absolute Gasteiger partial charge is 0.317 e. The van der Waals surface area contributed by atoms with Crippen molar-refractivity contribution in [1.29, 1.82) is 0 Å². The first-order valence-corrected chi connectivity index (χ1v) is 5.30. The first kappa shape index (κ1) is 9.93. The molecule has 80 valence electrons. The van der Waals surface area contributed by atoms with Gasteiger partial charge in [-0.05, 0) is 30.7 Å². The number of rotatable bonds is 3. The Morgan fingerprint density at radius 2 is 2.43 bits per heavy atom. The third-order valence-electron chi connectivity index (χ3n) is 3.88. The molecule has 1 saturated heterocycles. The standard InChI is InChI=1S/C10H18N2O2/c11-6-10-3-1-2-8(10)4-12(7-10)5-9(13)14/h8H,1-7,11H2,(H,13,14)/t8-,10-/m0/s1. The Bertz CT molecular complexity index is 244. The van der Waals surface area contributed by atoms with Crippen LogP contribution in [0.2, 0.25) is 0 Å². The lowest BCUT2D eigenvalue weighted by Crippen LogP contribution is -2.36. The fraction of sp³-hybridized carbons (Fsp3) is 0.900. The number of nitrogens with zero attached hydrogens (tertiary/aromatic N) is 1. The predicted octanol–water partition coefficient (Wildman–Crippen LogP) is 0.132. The van der Waals surface area contributed by atoms with Gasteiger partial charge in [-0.25, -0.2) is 0 Å². The lowest BCUT2D eigenvalue weighted by molar-refractivity contribution is -0.138. The number of aliphatic carboxylic acids is 1. The summed E-state index contributed by atoms with van der Waals surface area (Å²) < 4.78 is 0. The van der Waals surface area contributed by atoms with E-state index in [1.165, 1.54) is 19.3 Å². The first-order valence-electron chi connectivity index (χ1n) is 5.30. The van der Waals surface area contributed by atoms with Crippen molar-refractivity contribution in [1.82, 2.24) is 4.90 Å². The summed E-state index contributed by atoms with van der Waals surface area (Å²) in [5.74, 6) is -0.0796. The van der Waals surface area contributed by atoms with Crippen LogP contribution >= 0.6 is 0 Å². The molecule has 3 N–H and O–H groups in total. The highest BCUT2D eigenvalue weighted by Crippen LogP contribution is 2.47. The quantitative estimate of drug-likeness (QED) is 0.676. The minimum Gasteiger partial charge on any atom is -0.480 e. The van der Waals surface area contributed by atoms with Gasteiger partial charge >= 0.3 is 5.97 Å². The Labute approximate surface area is 84.1 Å². The summed E-state index contributed by atoms with van der Waals surface area (Å²) >= 11 is 0. The Kier molecular flexibility index (Phi) is 2.49. The average molecular weight is 198 g/mol. The van der Waals surface area contributed by atoms with E-state index in [9.17, 15) is 4.79 Å². The molecule has 0 radical (unpaired) electrons. The minimum atomic E-state index is -0.725. The van der Waals surface area contributed by atoms with Gasteiger partial charge in [0.05, 0.1) is 6.54 Å². The van der Waals surface area contributed by atoms with Crippen molar-refractivity contribution in [3.05, 3.63) is 0 Å². The van der Waals surface area contributed by atoms with Crippen LogP contribution in [0.15, 0.2) is 0 Å². The zero-order chi connectivity index (χ0) is 10.2. The topological polar surface area (TPSA) is 66.6 Å².